The molecular weight excluding hydrogens is 288 g/mol. The van der Waals surface area contributed by atoms with Crippen LogP contribution in [0.4, 0.5) is 0 Å². The van der Waals surface area contributed by atoms with Crippen LogP contribution in [0.15, 0.2) is 24.3 Å². The summed E-state index contributed by atoms with van der Waals surface area (Å²) < 4.78 is 0. The van der Waals surface area contributed by atoms with Crippen LogP contribution in [-0.4, -0.2) is 22.8 Å². The lowest BCUT2D eigenvalue weighted by Crippen LogP contribution is -2.37. The van der Waals surface area contributed by atoms with Crippen LogP contribution in [0.25, 0.3) is 0 Å². The summed E-state index contributed by atoms with van der Waals surface area (Å²) in [5.74, 6) is -0.321. The van der Waals surface area contributed by atoms with Crippen molar-refractivity contribution >= 4 is 23.4 Å². The highest BCUT2D eigenvalue weighted by Gasteiger charge is 2.19. The zero-order chi connectivity index (χ0) is 15.8. The number of nitrogens with zero attached hydrogens (tertiary/aromatic N) is 1. The van der Waals surface area contributed by atoms with Crippen molar-refractivity contribution in [2.24, 2.45) is 5.73 Å². The SMILES string of the molecule is CCC(C)N(Cc1cccc(Cl)c1)C(=O)CCCC(N)=O. The van der Waals surface area contributed by atoms with Gasteiger partial charge in [0, 0.05) is 30.5 Å². The first-order chi connectivity index (χ1) is 9.93. The minimum absolute atomic E-state index is 0.0468. The van der Waals surface area contributed by atoms with E-state index in [1.165, 1.54) is 0 Å². The predicted octanol–water partition coefficient (Wildman–Crippen LogP) is 3.12. The van der Waals surface area contributed by atoms with Gasteiger partial charge in [0.15, 0.2) is 0 Å². The van der Waals surface area contributed by atoms with Gasteiger partial charge in [-0.3, -0.25) is 9.59 Å². The van der Waals surface area contributed by atoms with E-state index in [0.717, 1.165) is 12.0 Å². The molecule has 0 aliphatic carbocycles. The van der Waals surface area contributed by atoms with Gasteiger partial charge in [-0.05, 0) is 37.5 Å². The zero-order valence-electron chi connectivity index (χ0n) is 12.6. The summed E-state index contributed by atoms with van der Waals surface area (Å²) in [5.41, 5.74) is 6.11. The number of benzene rings is 1. The Morgan fingerprint density at radius 3 is 2.62 bits per heavy atom. The number of primary amides is 1. The van der Waals surface area contributed by atoms with Crippen LogP contribution in [-0.2, 0) is 16.1 Å². The molecule has 1 rings (SSSR count). The van der Waals surface area contributed by atoms with Gasteiger partial charge in [-0.1, -0.05) is 30.7 Å². The van der Waals surface area contributed by atoms with Crippen LogP contribution in [0.3, 0.4) is 0 Å². The molecule has 21 heavy (non-hydrogen) atoms. The standard InChI is InChI=1S/C16H23ClN2O2/c1-3-12(2)19(16(21)9-5-8-15(18)20)11-13-6-4-7-14(17)10-13/h4,6-7,10,12H,3,5,8-9,11H2,1-2H3,(H2,18,20). The summed E-state index contributed by atoms with van der Waals surface area (Å²) in [7, 11) is 0. The van der Waals surface area contributed by atoms with E-state index in [1.807, 2.05) is 43.0 Å². The number of nitrogens with two attached hydrogens (primary N) is 1. The molecule has 0 aliphatic heterocycles. The Kier molecular flexibility index (Phi) is 7.23. The summed E-state index contributed by atoms with van der Waals surface area (Å²) >= 11 is 5.98. The first-order valence-corrected chi connectivity index (χ1v) is 7.64. The largest absolute Gasteiger partial charge is 0.370 e. The van der Waals surface area contributed by atoms with E-state index in [-0.39, 0.29) is 24.3 Å². The molecule has 0 spiro atoms. The van der Waals surface area contributed by atoms with Gasteiger partial charge >= 0.3 is 0 Å². The van der Waals surface area contributed by atoms with E-state index < -0.39 is 0 Å². The summed E-state index contributed by atoms with van der Waals surface area (Å²) in [4.78, 5) is 24.9. The molecule has 0 saturated heterocycles. The zero-order valence-corrected chi connectivity index (χ0v) is 13.4. The van der Waals surface area contributed by atoms with Gasteiger partial charge < -0.3 is 10.6 Å². The summed E-state index contributed by atoms with van der Waals surface area (Å²) in [6.45, 7) is 4.60. The molecule has 116 valence electrons. The van der Waals surface area contributed by atoms with Crippen LogP contribution < -0.4 is 5.73 Å². The van der Waals surface area contributed by atoms with Crippen molar-refractivity contribution in [2.45, 2.75) is 52.1 Å². The molecule has 1 aromatic rings. The average molecular weight is 311 g/mol. The van der Waals surface area contributed by atoms with Crippen molar-refractivity contribution in [3.8, 4) is 0 Å². The normalized spacial score (nSPS) is 12.0. The van der Waals surface area contributed by atoms with Crippen molar-refractivity contribution in [3.05, 3.63) is 34.9 Å². The van der Waals surface area contributed by atoms with Crippen LogP contribution in [0.2, 0.25) is 5.02 Å². The Morgan fingerprint density at radius 2 is 2.05 bits per heavy atom. The maximum Gasteiger partial charge on any atom is 0.223 e. The fourth-order valence-corrected chi connectivity index (χ4v) is 2.31. The second kappa shape index (κ2) is 8.67. The van der Waals surface area contributed by atoms with Crippen LogP contribution >= 0.6 is 11.6 Å². The third-order valence-electron chi connectivity index (χ3n) is 3.50. The van der Waals surface area contributed by atoms with Gasteiger partial charge in [0.2, 0.25) is 11.8 Å². The highest BCUT2D eigenvalue weighted by atomic mass is 35.5. The second-order valence-electron chi connectivity index (χ2n) is 5.23. The van der Waals surface area contributed by atoms with E-state index in [9.17, 15) is 9.59 Å². The lowest BCUT2D eigenvalue weighted by atomic mass is 10.1. The maximum atomic E-state index is 12.4. The van der Waals surface area contributed by atoms with Crippen molar-refractivity contribution in [1.82, 2.24) is 4.90 Å². The molecule has 0 heterocycles. The highest BCUT2D eigenvalue weighted by Crippen LogP contribution is 2.16. The first kappa shape index (κ1) is 17.5. The average Bonchev–Trinajstić information content (AvgIpc) is 2.43. The van der Waals surface area contributed by atoms with Crippen molar-refractivity contribution in [2.75, 3.05) is 0 Å². The van der Waals surface area contributed by atoms with Crippen molar-refractivity contribution in [1.29, 1.82) is 0 Å². The summed E-state index contributed by atoms with van der Waals surface area (Å²) in [5, 5.41) is 0.665. The van der Waals surface area contributed by atoms with E-state index in [4.69, 9.17) is 17.3 Å². The molecule has 5 heteroatoms. The monoisotopic (exact) mass is 310 g/mol. The third-order valence-corrected chi connectivity index (χ3v) is 3.73. The number of rotatable bonds is 8. The molecule has 1 atom stereocenters. The molecule has 0 fully saturated rings. The molecule has 0 radical (unpaired) electrons. The van der Waals surface area contributed by atoms with Gasteiger partial charge in [-0.2, -0.15) is 0 Å². The molecule has 0 aliphatic rings. The molecule has 0 saturated carbocycles. The lowest BCUT2D eigenvalue weighted by molar-refractivity contribution is -0.134. The van der Waals surface area contributed by atoms with E-state index >= 15 is 0 Å². The number of hydrogen-bond donors (Lipinski definition) is 1. The lowest BCUT2D eigenvalue weighted by Gasteiger charge is -2.29. The summed E-state index contributed by atoms with van der Waals surface area (Å²) in [6, 6.07) is 7.66. The Labute approximate surface area is 131 Å². The van der Waals surface area contributed by atoms with E-state index in [2.05, 4.69) is 0 Å². The Hall–Kier alpha value is -1.55. The van der Waals surface area contributed by atoms with Gasteiger partial charge in [0.05, 0.1) is 0 Å². The number of halogens is 1. The molecule has 2 N–H and O–H groups in total. The van der Waals surface area contributed by atoms with Crippen molar-refractivity contribution in [3.63, 3.8) is 0 Å². The molecular formula is C16H23ClN2O2. The minimum Gasteiger partial charge on any atom is -0.370 e. The Bertz CT molecular complexity index is 491. The highest BCUT2D eigenvalue weighted by molar-refractivity contribution is 6.30. The molecule has 1 aromatic carbocycles. The predicted molar refractivity (Wildman–Crippen MR) is 84.8 cm³/mol. The number of carbonyl (C=O) groups excluding carboxylic acids is 2. The smallest absolute Gasteiger partial charge is 0.223 e. The van der Waals surface area contributed by atoms with Gasteiger partial charge in [-0.15, -0.1) is 0 Å². The van der Waals surface area contributed by atoms with Crippen LogP contribution in [0.1, 0.15) is 45.1 Å². The molecule has 0 aromatic heterocycles. The Morgan fingerprint density at radius 1 is 1.33 bits per heavy atom. The minimum atomic E-state index is -0.368. The molecule has 4 nitrogen and oxygen atoms in total. The number of carbonyl (C=O) groups is 2. The topological polar surface area (TPSA) is 63.4 Å². The quantitative estimate of drug-likeness (QED) is 0.801. The van der Waals surface area contributed by atoms with E-state index in [1.54, 1.807) is 0 Å². The van der Waals surface area contributed by atoms with Crippen LogP contribution in [0, 0.1) is 0 Å². The molecule has 0 bridgehead atoms. The number of amides is 2. The molecule has 2 amide bonds. The fourth-order valence-electron chi connectivity index (χ4n) is 2.10. The third kappa shape index (κ3) is 6.17. The summed E-state index contributed by atoms with van der Waals surface area (Å²) in [6.07, 6.45) is 1.96. The van der Waals surface area contributed by atoms with Gasteiger partial charge in [0.25, 0.3) is 0 Å². The fraction of sp³-hybridized carbons (Fsp3) is 0.500. The maximum absolute atomic E-state index is 12.4. The van der Waals surface area contributed by atoms with Crippen molar-refractivity contribution < 1.29 is 9.59 Å². The van der Waals surface area contributed by atoms with Gasteiger partial charge in [0.1, 0.15) is 0 Å². The first-order valence-electron chi connectivity index (χ1n) is 7.26. The number of hydrogen-bond acceptors (Lipinski definition) is 2. The van der Waals surface area contributed by atoms with E-state index in [0.29, 0.717) is 24.4 Å². The van der Waals surface area contributed by atoms with Gasteiger partial charge in [-0.25, -0.2) is 0 Å². The second-order valence-corrected chi connectivity index (χ2v) is 5.67. The molecule has 1 unspecified atom stereocenters. The van der Waals surface area contributed by atoms with Crippen LogP contribution in [0.5, 0.6) is 0 Å². The Balaban J connectivity index is 2.71.